The Morgan fingerprint density at radius 2 is 1.88 bits per heavy atom. The van der Waals surface area contributed by atoms with Crippen molar-refractivity contribution >= 4 is 24.2 Å². The lowest BCUT2D eigenvalue weighted by Crippen LogP contribution is -2.22. The van der Waals surface area contributed by atoms with Gasteiger partial charge in [0.2, 0.25) is 0 Å². The summed E-state index contributed by atoms with van der Waals surface area (Å²) in [5, 5.41) is 8.63. The van der Waals surface area contributed by atoms with Crippen molar-refractivity contribution in [2.24, 2.45) is 5.73 Å². The van der Waals surface area contributed by atoms with Crippen LogP contribution < -0.4 is 10.5 Å². The topological polar surface area (TPSA) is 89.6 Å². The van der Waals surface area contributed by atoms with E-state index in [0.717, 1.165) is 0 Å². The number of aliphatic carboxylic acids is 1. The molecule has 0 saturated carbocycles. The second-order valence-electron chi connectivity index (χ2n) is 3.25. The third kappa shape index (κ3) is 4.42. The number of nitrogens with two attached hydrogens (primary N) is 1. The highest BCUT2D eigenvalue weighted by Crippen LogP contribution is 2.14. The van der Waals surface area contributed by atoms with E-state index in [2.05, 4.69) is 0 Å². The van der Waals surface area contributed by atoms with Crippen LogP contribution in [0.15, 0.2) is 24.3 Å². The summed E-state index contributed by atoms with van der Waals surface area (Å²) >= 11 is 0. The quantitative estimate of drug-likeness (QED) is 0.773. The molecule has 0 aliphatic carbocycles. The van der Waals surface area contributed by atoms with Crippen molar-refractivity contribution in [3.8, 4) is 5.75 Å². The van der Waals surface area contributed by atoms with Gasteiger partial charge in [0.1, 0.15) is 5.75 Å². The van der Waals surface area contributed by atoms with Crippen molar-refractivity contribution in [3.05, 3.63) is 29.8 Å². The van der Waals surface area contributed by atoms with Gasteiger partial charge in [0.15, 0.2) is 11.9 Å². The molecular weight excluding hydrogens is 246 g/mol. The number of benzene rings is 1. The number of rotatable bonds is 5. The molecule has 0 amide bonds. The molecule has 94 valence electrons. The van der Waals surface area contributed by atoms with E-state index in [-0.39, 0.29) is 24.7 Å². The van der Waals surface area contributed by atoms with Gasteiger partial charge >= 0.3 is 5.97 Å². The monoisotopic (exact) mass is 259 g/mol. The SMILES string of the molecule is CC(Oc1ccc(C(=O)CN)cc1)C(=O)O.Cl. The fourth-order valence-corrected chi connectivity index (χ4v) is 1.09. The highest BCUT2D eigenvalue weighted by atomic mass is 35.5. The van der Waals surface area contributed by atoms with E-state index in [9.17, 15) is 9.59 Å². The van der Waals surface area contributed by atoms with E-state index in [1.807, 2.05) is 0 Å². The van der Waals surface area contributed by atoms with Crippen LogP contribution in [0.25, 0.3) is 0 Å². The molecule has 0 saturated heterocycles. The summed E-state index contributed by atoms with van der Waals surface area (Å²) in [6.45, 7) is 1.38. The van der Waals surface area contributed by atoms with E-state index < -0.39 is 12.1 Å². The minimum atomic E-state index is -1.04. The molecule has 5 nitrogen and oxygen atoms in total. The number of Topliss-reactive ketones (excluding diaryl/α,β-unsaturated/α-hetero) is 1. The number of halogens is 1. The Kier molecular flexibility index (Phi) is 6.23. The van der Waals surface area contributed by atoms with Gasteiger partial charge in [-0.05, 0) is 31.2 Å². The maximum absolute atomic E-state index is 11.2. The van der Waals surface area contributed by atoms with E-state index in [1.165, 1.54) is 6.92 Å². The van der Waals surface area contributed by atoms with Crippen LogP contribution in [-0.2, 0) is 4.79 Å². The van der Waals surface area contributed by atoms with Crippen molar-refractivity contribution in [3.63, 3.8) is 0 Å². The molecule has 1 aromatic rings. The van der Waals surface area contributed by atoms with Crippen LogP contribution >= 0.6 is 12.4 Å². The van der Waals surface area contributed by atoms with Gasteiger partial charge < -0.3 is 15.6 Å². The first-order chi connectivity index (χ1) is 7.54. The molecule has 1 aromatic carbocycles. The number of carbonyl (C=O) groups is 2. The molecule has 17 heavy (non-hydrogen) atoms. The minimum Gasteiger partial charge on any atom is -0.479 e. The van der Waals surface area contributed by atoms with Crippen molar-refractivity contribution in [1.29, 1.82) is 0 Å². The average Bonchev–Trinajstić information content (AvgIpc) is 2.28. The standard InChI is InChI=1S/C11H13NO4.ClH/c1-7(11(14)15)16-9-4-2-8(3-5-9)10(13)6-12;/h2-5,7H,6,12H2,1H3,(H,14,15);1H. The number of hydrogen-bond acceptors (Lipinski definition) is 4. The van der Waals surface area contributed by atoms with Gasteiger partial charge in [-0.1, -0.05) is 0 Å². The fourth-order valence-electron chi connectivity index (χ4n) is 1.09. The van der Waals surface area contributed by atoms with Crippen molar-refractivity contribution in [1.82, 2.24) is 0 Å². The Hall–Kier alpha value is -1.59. The average molecular weight is 260 g/mol. The zero-order valence-electron chi connectivity index (χ0n) is 9.25. The molecule has 1 rings (SSSR count). The van der Waals surface area contributed by atoms with Crippen molar-refractivity contribution < 1.29 is 19.4 Å². The number of hydrogen-bond donors (Lipinski definition) is 2. The van der Waals surface area contributed by atoms with E-state index >= 15 is 0 Å². The number of carboxylic acids is 1. The molecule has 0 aliphatic heterocycles. The van der Waals surface area contributed by atoms with Crippen LogP contribution in [0, 0.1) is 0 Å². The third-order valence-corrected chi connectivity index (χ3v) is 2.02. The Bertz CT molecular complexity index is 391. The van der Waals surface area contributed by atoms with Gasteiger partial charge in [-0.2, -0.15) is 0 Å². The molecule has 6 heteroatoms. The van der Waals surface area contributed by atoms with E-state index in [4.69, 9.17) is 15.6 Å². The molecule has 3 N–H and O–H groups in total. The Morgan fingerprint density at radius 1 is 1.35 bits per heavy atom. The van der Waals surface area contributed by atoms with E-state index in [1.54, 1.807) is 24.3 Å². The van der Waals surface area contributed by atoms with Gasteiger partial charge in [-0.15, -0.1) is 12.4 Å². The molecule has 0 spiro atoms. The first-order valence-electron chi connectivity index (χ1n) is 4.77. The maximum Gasteiger partial charge on any atom is 0.344 e. The van der Waals surface area contributed by atoms with Gasteiger partial charge in [0.05, 0.1) is 6.54 Å². The molecule has 0 aliphatic rings. The summed E-state index contributed by atoms with van der Waals surface area (Å²) in [5.74, 6) is -0.802. The highest BCUT2D eigenvalue weighted by molar-refractivity contribution is 5.97. The Labute approximate surface area is 105 Å². The second kappa shape index (κ2) is 6.88. The lowest BCUT2D eigenvalue weighted by Gasteiger charge is -2.10. The lowest BCUT2D eigenvalue weighted by molar-refractivity contribution is -0.144. The number of ketones is 1. The third-order valence-electron chi connectivity index (χ3n) is 2.02. The smallest absolute Gasteiger partial charge is 0.344 e. The second-order valence-corrected chi connectivity index (χ2v) is 3.25. The first-order valence-corrected chi connectivity index (χ1v) is 4.77. The van der Waals surface area contributed by atoms with Crippen LogP contribution in [0.2, 0.25) is 0 Å². The molecule has 1 atom stereocenters. The number of carbonyl (C=O) groups excluding carboxylic acids is 1. The van der Waals surface area contributed by atoms with Gasteiger partial charge in [-0.25, -0.2) is 4.79 Å². The molecule has 0 aromatic heterocycles. The normalized spacial score (nSPS) is 11.2. The lowest BCUT2D eigenvalue weighted by atomic mass is 10.1. The summed E-state index contributed by atoms with van der Waals surface area (Å²) in [6.07, 6.45) is -0.920. The molecule has 1 unspecified atom stereocenters. The highest BCUT2D eigenvalue weighted by Gasteiger charge is 2.12. The Balaban J connectivity index is 0.00000256. The predicted octanol–water partition coefficient (Wildman–Crippen LogP) is 1.10. The summed E-state index contributed by atoms with van der Waals surface area (Å²) in [7, 11) is 0. The van der Waals surface area contributed by atoms with Crippen LogP contribution in [0.3, 0.4) is 0 Å². The first kappa shape index (κ1) is 15.4. The molecule has 0 radical (unpaired) electrons. The molecule has 0 heterocycles. The van der Waals surface area contributed by atoms with Crippen molar-refractivity contribution in [2.75, 3.05) is 6.54 Å². The summed E-state index contributed by atoms with van der Waals surface area (Å²) in [6, 6.07) is 6.20. The summed E-state index contributed by atoms with van der Waals surface area (Å²) in [4.78, 5) is 21.7. The van der Waals surface area contributed by atoms with Crippen molar-refractivity contribution in [2.45, 2.75) is 13.0 Å². The predicted molar refractivity (Wildman–Crippen MR) is 64.8 cm³/mol. The number of ether oxygens (including phenoxy) is 1. The summed E-state index contributed by atoms with van der Waals surface area (Å²) < 4.78 is 5.10. The fraction of sp³-hybridized carbons (Fsp3) is 0.273. The van der Waals surface area contributed by atoms with Crippen LogP contribution in [0.5, 0.6) is 5.75 Å². The molecular formula is C11H14ClNO4. The van der Waals surface area contributed by atoms with Crippen LogP contribution in [-0.4, -0.2) is 29.5 Å². The van der Waals surface area contributed by atoms with Gasteiger partial charge in [-0.3, -0.25) is 4.79 Å². The number of carboxylic acid groups (broad SMARTS) is 1. The van der Waals surface area contributed by atoms with E-state index in [0.29, 0.717) is 11.3 Å². The maximum atomic E-state index is 11.2. The van der Waals surface area contributed by atoms with Crippen LogP contribution in [0.4, 0.5) is 0 Å². The zero-order valence-corrected chi connectivity index (χ0v) is 10.1. The Morgan fingerprint density at radius 3 is 2.29 bits per heavy atom. The van der Waals surface area contributed by atoms with Gasteiger partial charge in [0, 0.05) is 5.56 Å². The molecule has 0 fully saturated rings. The minimum absolute atomic E-state index is 0. The zero-order chi connectivity index (χ0) is 12.1. The molecule has 0 bridgehead atoms. The van der Waals surface area contributed by atoms with Crippen LogP contribution in [0.1, 0.15) is 17.3 Å². The summed E-state index contributed by atoms with van der Waals surface area (Å²) in [5.41, 5.74) is 5.69. The van der Waals surface area contributed by atoms with Gasteiger partial charge in [0.25, 0.3) is 0 Å². The largest absolute Gasteiger partial charge is 0.479 e.